The number of hydrogen-bond donors (Lipinski definition) is 2. The van der Waals surface area contributed by atoms with Crippen LogP contribution in [0.3, 0.4) is 0 Å². The fourth-order valence-electron chi connectivity index (χ4n) is 3.01. The maximum Gasteiger partial charge on any atom is 0.251 e. The summed E-state index contributed by atoms with van der Waals surface area (Å²) in [6.07, 6.45) is 1.92. The van der Waals surface area contributed by atoms with Crippen LogP contribution in [0.15, 0.2) is 48.5 Å². The number of carbonyl (C=O) groups excluding carboxylic acids is 1. The van der Waals surface area contributed by atoms with Crippen LogP contribution in [0.5, 0.6) is 5.75 Å². The molecule has 0 saturated carbocycles. The van der Waals surface area contributed by atoms with Crippen molar-refractivity contribution in [1.82, 2.24) is 10.6 Å². The molecule has 1 heterocycles. The fourth-order valence-corrected chi connectivity index (χ4v) is 3.13. The first-order valence-corrected chi connectivity index (χ1v) is 8.99. The van der Waals surface area contributed by atoms with Gasteiger partial charge in [0.05, 0.1) is 0 Å². The highest BCUT2D eigenvalue weighted by Crippen LogP contribution is 2.17. The van der Waals surface area contributed by atoms with Crippen molar-refractivity contribution < 1.29 is 9.53 Å². The number of piperidine rings is 1. The lowest BCUT2D eigenvalue weighted by molar-refractivity contribution is 0.0925. The molecule has 2 aromatic carbocycles. The molecule has 0 spiro atoms. The summed E-state index contributed by atoms with van der Waals surface area (Å²) in [5.41, 5.74) is 1.66. The van der Waals surface area contributed by atoms with Crippen molar-refractivity contribution in [3.05, 3.63) is 64.7 Å². The number of halogens is 2. The van der Waals surface area contributed by atoms with E-state index in [-0.39, 0.29) is 24.4 Å². The average molecular weight is 395 g/mol. The number of nitrogens with one attached hydrogen (secondary N) is 2. The van der Waals surface area contributed by atoms with E-state index in [0.29, 0.717) is 29.0 Å². The van der Waals surface area contributed by atoms with Gasteiger partial charge in [0.15, 0.2) is 0 Å². The molecule has 2 N–H and O–H groups in total. The van der Waals surface area contributed by atoms with Crippen LogP contribution in [0.2, 0.25) is 5.02 Å². The van der Waals surface area contributed by atoms with Gasteiger partial charge >= 0.3 is 0 Å². The van der Waals surface area contributed by atoms with Gasteiger partial charge in [-0.15, -0.1) is 12.4 Å². The van der Waals surface area contributed by atoms with Gasteiger partial charge < -0.3 is 15.4 Å². The summed E-state index contributed by atoms with van der Waals surface area (Å²) in [6, 6.07) is 15.5. The lowest BCUT2D eigenvalue weighted by Gasteiger charge is -2.28. The molecule has 2 aromatic rings. The maximum absolute atomic E-state index is 12.5. The molecule has 1 aliphatic rings. The Morgan fingerprint density at radius 2 is 2.04 bits per heavy atom. The Morgan fingerprint density at radius 3 is 2.77 bits per heavy atom. The molecule has 140 valence electrons. The zero-order chi connectivity index (χ0) is 17.6. The molecular weight excluding hydrogens is 371 g/mol. The molecule has 6 heteroatoms. The largest absolute Gasteiger partial charge is 0.489 e. The fraction of sp³-hybridized carbons (Fsp3) is 0.350. The molecule has 3 rings (SSSR count). The van der Waals surface area contributed by atoms with Crippen molar-refractivity contribution in [2.24, 2.45) is 0 Å². The quantitative estimate of drug-likeness (QED) is 0.798. The lowest BCUT2D eigenvalue weighted by Crippen LogP contribution is -2.46. The zero-order valence-corrected chi connectivity index (χ0v) is 16.3. The standard InChI is InChI=1S/C20H23ClN2O2.ClH/c1-14-11-18(9-10-22-14)23-20(24)16-3-2-4-19(12-16)25-13-15-5-7-17(21)8-6-15;/h2-8,12,14,18,22H,9-11,13H2,1H3,(H,23,24);1H. The second-order valence-electron chi connectivity index (χ2n) is 6.49. The summed E-state index contributed by atoms with van der Waals surface area (Å²) in [5, 5.41) is 7.22. The van der Waals surface area contributed by atoms with E-state index in [0.717, 1.165) is 24.9 Å². The first kappa shape index (κ1) is 20.6. The number of benzene rings is 2. The van der Waals surface area contributed by atoms with E-state index in [1.54, 1.807) is 6.07 Å². The van der Waals surface area contributed by atoms with Crippen LogP contribution in [0.25, 0.3) is 0 Å². The third-order valence-electron chi connectivity index (χ3n) is 4.37. The summed E-state index contributed by atoms with van der Waals surface area (Å²) in [5.74, 6) is 0.636. The maximum atomic E-state index is 12.5. The SMILES string of the molecule is CC1CC(NC(=O)c2cccc(OCc3ccc(Cl)cc3)c2)CCN1.Cl. The molecule has 0 radical (unpaired) electrons. The molecule has 0 bridgehead atoms. The molecule has 4 nitrogen and oxygen atoms in total. The van der Waals surface area contributed by atoms with Gasteiger partial charge in [0.2, 0.25) is 0 Å². The minimum absolute atomic E-state index is 0. The Morgan fingerprint density at radius 1 is 1.27 bits per heavy atom. The van der Waals surface area contributed by atoms with Crippen LogP contribution >= 0.6 is 24.0 Å². The molecule has 0 aromatic heterocycles. The predicted octanol–water partition coefficient (Wildman–Crippen LogP) is 4.21. The molecule has 2 unspecified atom stereocenters. The Labute approximate surface area is 165 Å². The number of carbonyl (C=O) groups is 1. The summed E-state index contributed by atoms with van der Waals surface area (Å²) >= 11 is 5.88. The second-order valence-corrected chi connectivity index (χ2v) is 6.93. The first-order chi connectivity index (χ1) is 12.1. The van der Waals surface area contributed by atoms with E-state index in [9.17, 15) is 4.79 Å². The smallest absolute Gasteiger partial charge is 0.251 e. The van der Waals surface area contributed by atoms with Crippen molar-refractivity contribution >= 4 is 29.9 Å². The van der Waals surface area contributed by atoms with Crippen LogP contribution in [-0.4, -0.2) is 24.5 Å². The number of ether oxygens (including phenoxy) is 1. The van der Waals surface area contributed by atoms with Crippen LogP contribution in [0.4, 0.5) is 0 Å². The third kappa shape index (κ3) is 5.90. The minimum atomic E-state index is -0.0453. The van der Waals surface area contributed by atoms with Gasteiger partial charge in [-0.1, -0.05) is 29.8 Å². The first-order valence-electron chi connectivity index (χ1n) is 8.62. The second kappa shape index (κ2) is 9.81. The monoisotopic (exact) mass is 394 g/mol. The molecule has 1 saturated heterocycles. The molecular formula is C20H24Cl2N2O2. The van der Waals surface area contributed by atoms with Gasteiger partial charge in [-0.3, -0.25) is 4.79 Å². The third-order valence-corrected chi connectivity index (χ3v) is 4.63. The molecule has 1 fully saturated rings. The zero-order valence-electron chi connectivity index (χ0n) is 14.7. The highest BCUT2D eigenvalue weighted by Gasteiger charge is 2.20. The highest BCUT2D eigenvalue weighted by molar-refractivity contribution is 6.30. The van der Waals surface area contributed by atoms with Crippen LogP contribution in [0, 0.1) is 0 Å². The van der Waals surface area contributed by atoms with Crippen molar-refractivity contribution in [2.45, 2.75) is 38.5 Å². The highest BCUT2D eigenvalue weighted by atomic mass is 35.5. The van der Waals surface area contributed by atoms with Gasteiger partial charge in [0.1, 0.15) is 12.4 Å². The van der Waals surface area contributed by atoms with Crippen molar-refractivity contribution in [3.63, 3.8) is 0 Å². The van der Waals surface area contributed by atoms with Gasteiger partial charge in [-0.2, -0.15) is 0 Å². The number of rotatable bonds is 5. The molecule has 1 amide bonds. The lowest BCUT2D eigenvalue weighted by atomic mass is 10.0. The van der Waals surface area contributed by atoms with Crippen LogP contribution in [0.1, 0.15) is 35.7 Å². The van der Waals surface area contributed by atoms with Gasteiger partial charge in [-0.25, -0.2) is 0 Å². The minimum Gasteiger partial charge on any atom is -0.489 e. The molecule has 1 aliphatic heterocycles. The van der Waals surface area contributed by atoms with E-state index in [1.165, 1.54) is 0 Å². The van der Waals surface area contributed by atoms with E-state index in [2.05, 4.69) is 17.6 Å². The van der Waals surface area contributed by atoms with Crippen molar-refractivity contribution in [2.75, 3.05) is 6.54 Å². The summed E-state index contributed by atoms with van der Waals surface area (Å²) in [4.78, 5) is 12.5. The van der Waals surface area contributed by atoms with E-state index in [1.807, 2.05) is 42.5 Å². The number of hydrogen-bond acceptors (Lipinski definition) is 3. The summed E-state index contributed by atoms with van der Waals surface area (Å²) in [7, 11) is 0. The predicted molar refractivity (Wildman–Crippen MR) is 107 cm³/mol. The van der Waals surface area contributed by atoms with E-state index in [4.69, 9.17) is 16.3 Å². The van der Waals surface area contributed by atoms with Gasteiger partial charge in [0, 0.05) is 22.7 Å². The normalized spacial score (nSPS) is 19.3. The number of amides is 1. The van der Waals surface area contributed by atoms with E-state index < -0.39 is 0 Å². The summed E-state index contributed by atoms with van der Waals surface area (Å²) < 4.78 is 5.80. The Bertz CT molecular complexity index is 722. The van der Waals surface area contributed by atoms with Crippen molar-refractivity contribution in [3.8, 4) is 5.75 Å². The molecule has 0 aliphatic carbocycles. The van der Waals surface area contributed by atoms with Crippen molar-refractivity contribution in [1.29, 1.82) is 0 Å². The molecule has 26 heavy (non-hydrogen) atoms. The van der Waals surface area contributed by atoms with Gasteiger partial charge in [0.25, 0.3) is 5.91 Å². The Hall–Kier alpha value is -1.75. The van der Waals surface area contributed by atoms with Crippen LogP contribution in [-0.2, 0) is 6.61 Å². The average Bonchev–Trinajstić information content (AvgIpc) is 2.61. The Balaban J connectivity index is 0.00000243. The Kier molecular flexibility index (Phi) is 7.76. The van der Waals surface area contributed by atoms with Crippen LogP contribution < -0.4 is 15.4 Å². The topological polar surface area (TPSA) is 50.4 Å². The molecule has 2 atom stereocenters. The van der Waals surface area contributed by atoms with Gasteiger partial charge in [-0.05, 0) is 62.2 Å². The van der Waals surface area contributed by atoms with E-state index >= 15 is 0 Å². The summed E-state index contributed by atoms with van der Waals surface area (Å²) in [6.45, 7) is 3.52.